The fourth-order valence-corrected chi connectivity index (χ4v) is 3.35. The fraction of sp³-hybridized carbons (Fsp3) is 0.444. The SMILES string of the molecule is CCOC(=O)C1CCN(c2nc(Nc3cc(C)n[nH]3)c3cc[nH]c3n2)CC1. The number of hydrogen-bond donors (Lipinski definition) is 3. The maximum atomic E-state index is 11.9. The molecule has 1 aliphatic heterocycles. The molecule has 4 rings (SSSR count). The van der Waals surface area contributed by atoms with Gasteiger partial charge in [-0.1, -0.05) is 0 Å². The number of aromatic amines is 2. The number of carbonyl (C=O) groups is 1. The number of aromatic nitrogens is 5. The fourth-order valence-electron chi connectivity index (χ4n) is 3.35. The number of H-pyrrole nitrogens is 2. The summed E-state index contributed by atoms with van der Waals surface area (Å²) in [6.07, 6.45) is 3.33. The number of anilines is 3. The van der Waals surface area contributed by atoms with Crippen molar-refractivity contribution < 1.29 is 9.53 Å². The summed E-state index contributed by atoms with van der Waals surface area (Å²) in [6, 6.07) is 3.86. The van der Waals surface area contributed by atoms with E-state index < -0.39 is 0 Å². The molecule has 142 valence electrons. The average molecular weight is 369 g/mol. The number of piperidine rings is 1. The highest BCUT2D eigenvalue weighted by Gasteiger charge is 2.27. The second-order valence-corrected chi connectivity index (χ2v) is 6.67. The van der Waals surface area contributed by atoms with Gasteiger partial charge in [-0.2, -0.15) is 15.1 Å². The number of aryl methyl sites for hydroxylation is 1. The van der Waals surface area contributed by atoms with Crippen LogP contribution in [0.2, 0.25) is 0 Å². The maximum Gasteiger partial charge on any atom is 0.309 e. The van der Waals surface area contributed by atoms with Crippen molar-refractivity contribution in [3.63, 3.8) is 0 Å². The first-order valence-electron chi connectivity index (χ1n) is 9.19. The zero-order valence-corrected chi connectivity index (χ0v) is 15.5. The molecule has 9 nitrogen and oxygen atoms in total. The molecule has 0 spiro atoms. The lowest BCUT2D eigenvalue weighted by molar-refractivity contribution is -0.148. The largest absolute Gasteiger partial charge is 0.466 e. The number of rotatable bonds is 5. The zero-order valence-electron chi connectivity index (χ0n) is 15.5. The smallest absolute Gasteiger partial charge is 0.309 e. The molecule has 0 amide bonds. The molecule has 1 aliphatic rings. The van der Waals surface area contributed by atoms with E-state index in [0.717, 1.165) is 48.5 Å². The summed E-state index contributed by atoms with van der Waals surface area (Å²) in [5.41, 5.74) is 1.67. The van der Waals surface area contributed by atoms with Crippen LogP contribution in [0.1, 0.15) is 25.5 Å². The second kappa shape index (κ2) is 7.26. The molecule has 0 atom stereocenters. The van der Waals surface area contributed by atoms with E-state index in [2.05, 4.69) is 30.4 Å². The van der Waals surface area contributed by atoms with Gasteiger partial charge in [-0.3, -0.25) is 9.89 Å². The average Bonchev–Trinajstić information content (AvgIpc) is 3.31. The van der Waals surface area contributed by atoms with Crippen molar-refractivity contribution in [2.45, 2.75) is 26.7 Å². The van der Waals surface area contributed by atoms with Gasteiger partial charge in [0, 0.05) is 25.4 Å². The minimum absolute atomic E-state index is 0.0408. The monoisotopic (exact) mass is 369 g/mol. The Morgan fingerprint density at radius 3 is 2.89 bits per heavy atom. The van der Waals surface area contributed by atoms with Gasteiger partial charge in [0.25, 0.3) is 0 Å². The molecule has 1 saturated heterocycles. The second-order valence-electron chi connectivity index (χ2n) is 6.67. The Labute approximate surface area is 156 Å². The molecule has 3 aromatic heterocycles. The van der Waals surface area contributed by atoms with E-state index in [9.17, 15) is 4.79 Å². The Kier molecular flexibility index (Phi) is 4.66. The Bertz CT molecular complexity index is 940. The van der Waals surface area contributed by atoms with E-state index in [1.165, 1.54) is 0 Å². The molecule has 0 radical (unpaired) electrons. The van der Waals surface area contributed by atoms with Crippen LogP contribution in [0.15, 0.2) is 18.3 Å². The van der Waals surface area contributed by atoms with Gasteiger partial charge in [0.15, 0.2) is 0 Å². The van der Waals surface area contributed by atoms with E-state index in [0.29, 0.717) is 18.4 Å². The highest BCUT2D eigenvalue weighted by molar-refractivity contribution is 5.89. The van der Waals surface area contributed by atoms with Gasteiger partial charge >= 0.3 is 5.97 Å². The molecule has 3 aromatic rings. The van der Waals surface area contributed by atoms with Gasteiger partial charge in [0.05, 0.1) is 23.6 Å². The van der Waals surface area contributed by atoms with Gasteiger partial charge in [-0.25, -0.2) is 0 Å². The first-order chi connectivity index (χ1) is 13.1. The molecule has 1 fully saturated rings. The van der Waals surface area contributed by atoms with Crippen LogP contribution in [0.3, 0.4) is 0 Å². The molecule has 0 bridgehead atoms. The highest BCUT2D eigenvalue weighted by Crippen LogP contribution is 2.28. The van der Waals surface area contributed by atoms with Crippen LogP contribution >= 0.6 is 0 Å². The summed E-state index contributed by atoms with van der Waals surface area (Å²) in [7, 11) is 0. The van der Waals surface area contributed by atoms with Gasteiger partial charge in [-0.15, -0.1) is 0 Å². The van der Waals surface area contributed by atoms with Gasteiger partial charge in [0.1, 0.15) is 17.3 Å². The predicted octanol–water partition coefficient (Wildman–Crippen LogP) is 2.51. The minimum atomic E-state index is -0.102. The molecular weight excluding hydrogens is 346 g/mol. The van der Waals surface area contributed by atoms with Crippen molar-refractivity contribution in [3.8, 4) is 0 Å². The summed E-state index contributed by atoms with van der Waals surface area (Å²) in [5.74, 6) is 2.00. The van der Waals surface area contributed by atoms with Crippen molar-refractivity contribution >= 4 is 34.6 Å². The third-order valence-electron chi connectivity index (χ3n) is 4.76. The molecule has 9 heteroatoms. The molecular formula is C18H23N7O2. The predicted molar refractivity (Wildman–Crippen MR) is 102 cm³/mol. The summed E-state index contributed by atoms with van der Waals surface area (Å²) in [4.78, 5) is 26.6. The van der Waals surface area contributed by atoms with Gasteiger partial charge in [0.2, 0.25) is 5.95 Å². The summed E-state index contributed by atoms with van der Waals surface area (Å²) in [5, 5.41) is 11.3. The molecule has 3 N–H and O–H groups in total. The van der Waals surface area contributed by atoms with Crippen LogP contribution in [0, 0.1) is 12.8 Å². The first kappa shape index (κ1) is 17.3. The third kappa shape index (κ3) is 3.57. The summed E-state index contributed by atoms with van der Waals surface area (Å²) in [6.45, 7) is 5.62. The van der Waals surface area contributed by atoms with E-state index in [1.54, 1.807) is 0 Å². The number of hydrogen-bond acceptors (Lipinski definition) is 7. The lowest BCUT2D eigenvalue weighted by Crippen LogP contribution is -2.38. The van der Waals surface area contributed by atoms with Crippen molar-refractivity contribution in [1.29, 1.82) is 0 Å². The van der Waals surface area contributed by atoms with Crippen molar-refractivity contribution in [2.24, 2.45) is 5.92 Å². The molecule has 0 aliphatic carbocycles. The Morgan fingerprint density at radius 1 is 1.37 bits per heavy atom. The molecule has 27 heavy (non-hydrogen) atoms. The number of fused-ring (bicyclic) bond motifs is 1. The van der Waals surface area contributed by atoms with Gasteiger partial charge in [-0.05, 0) is 32.8 Å². The Balaban J connectivity index is 1.55. The summed E-state index contributed by atoms with van der Waals surface area (Å²) >= 11 is 0. The van der Waals surface area contributed by atoms with Crippen molar-refractivity contribution in [1.82, 2.24) is 25.1 Å². The lowest BCUT2D eigenvalue weighted by Gasteiger charge is -2.31. The lowest BCUT2D eigenvalue weighted by atomic mass is 9.97. The van der Waals surface area contributed by atoms with Crippen molar-refractivity contribution in [2.75, 3.05) is 29.9 Å². The maximum absolute atomic E-state index is 11.9. The number of nitrogens with one attached hydrogen (secondary N) is 3. The van der Waals surface area contributed by atoms with Crippen LogP contribution in [0.4, 0.5) is 17.6 Å². The quantitative estimate of drug-likeness (QED) is 0.592. The topological polar surface area (TPSA) is 112 Å². The van der Waals surface area contributed by atoms with E-state index in [1.807, 2.05) is 32.2 Å². The van der Waals surface area contributed by atoms with Crippen LogP contribution < -0.4 is 10.2 Å². The molecule has 0 unspecified atom stereocenters. The normalized spacial score (nSPS) is 15.3. The number of esters is 1. The van der Waals surface area contributed by atoms with Crippen LogP contribution in [0.25, 0.3) is 11.0 Å². The number of ether oxygens (including phenoxy) is 1. The number of carbonyl (C=O) groups excluding carboxylic acids is 1. The van der Waals surface area contributed by atoms with Gasteiger partial charge < -0.3 is 19.9 Å². The van der Waals surface area contributed by atoms with E-state index >= 15 is 0 Å². The molecule has 0 aromatic carbocycles. The zero-order chi connectivity index (χ0) is 18.8. The molecule has 0 saturated carbocycles. The Hall–Kier alpha value is -3.10. The van der Waals surface area contributed by atoms with E-state index in [4.69, 9.17) is 9.72 Å². The van der Waals surface area contributed by atoms with Crippen LogP contribution in [-0.2, 0) is 9.53 Å². The highest BCUT2D eigenvalue weighted by atomic mass is 16.5. The third-order valence-corrected chi connectivity index (χ3v) is 4.76. The Morgan fingerprint density at radius 2 is 2.19 bits per heavy atom. The van der Waals surface area contributed by atoms with Crippen molar-refractivity contribution in [3.05, 3.63) is 24.0 Å². The standard InChI is InChI=1S/C18H23N7O2/c1-3-27-17(26)12-5-8-25(9-6-12)18-21-15-13(4-7-19-15)16(22-18)20-14-10-11(2)23-24-14/h4,7,10,12H,3,5-6,8-9H2,1-2H3,(H3,19,20,21,22,23,24). The first-order valence-corrected chi connectivity index (χ1v) is 9.19. The number of nitrogens with zero attached hydrogens (tertiary/aromatic N) is 4. The summed E-state index contributed by atoms with van der Waals surface area (Å²) < 4.78 is 5.14. The van der Waals surface area contributed by atoms with Crippen LogP contribution in [0.5, 0.6) is 0 Å². The van der Waals surface area contributed by atoms with E-state index in [-0.39, 0.29) is 11.9 Å². The molecule has 4 heterocycles. The minimum Gasteiger partial charge on any atom is -0.466 e. The van der Waals surface area contributed by atoms with Crippen LogP contribution in [-0.4, -0.2) is 50.8 Å².